The van der Waals surface area contributed by atoms with E-state index in [4.69, 9.17) is 0 Å². The number of aromatic amines is 1. The van der Waals surface area contributed by atoms with Gasteiger partial charge in [0.05, 0.1) is 5.69 Å². The van der Waals surface area contributed by atoms with Gasteiger partial charge in [-0.15, -0.1) is 0 Å². The maximum absolute atomic E-state index is 12.1. The molecule has 126 valence electrons. The summed E-state index contributed by atoms with van der Waals surface area (Å²) in [6.07, 6.45) is 10.0. The minimum Gasteiger partial charge on any atom is -0.294 e. The van der Waals surface area contributed by atoms with Crippen molar-refractivity contribution >= 4 is 5.78 Å². The quantitative estimate of drug-likeness (QED) is 0.757. The molecule has 8 heteroatoms. The molecule has 0 aliphatic carbocycles. The van der Waals surface area contributed by atoms with E-state index in [-0.39, 0.29) is 5.56 Å². The minimum atomic E-state index is -0.113. The first kappa shape index (κ1) is 15.1. The van der Waals surface area contributed by atoms with Crippen molar-refractivity contribution < 1.29 is 0 Å². The third-order valence-electron chi connectivity index (χ3n) is 4.69. The van der Waals surface area contributed by atoms with Crippen LogP contribution in [0.2, 0.25) is 0 Å². The number of nitrogens with one attached hydrogen (secondary N) is 1. The molecule has 0 spiro atoms. The first-order chi connectivity index (χ1) is 11.8. The lowest BCUT2D eigenvalue weighted by atomic mass is 9.99. The van der Waals surface area contributed by atoms with Crippen LogP contribution in [0.3, 0.4) is 0 Å². The molecule has 0 bridgehead atoms. The summed E-state index contributed by atoms with van der Waals surface area (Å²) in [6, 6.07) is 4.06. The van der Waals surface area contributed by atoms with Crippen molar-refractivity contribution in [2.45, 2.75) is 44.8 Å². The fraction of sp³-hybridized carbons (Fsp3) is 0.500. The molecule has 3 aromatic heterocycles. The van der Waals surface area contributed by atoms with Crippen LogP contribution in [-0.4, -0.2) is 46.8 Å². The Morgan fingerprint density at radius 3 is 3.17 bits per heavy atom. The van der Waals surface area contributed by atoms with E-state index in [0.29, 0.717) is 18.4 Å². The topological polar surface area (TPSA) is 84.1 Å². The normalized spacial score (nSPS) is 19.1. The number of H-pyrrole nitrogens is 1. The van der Waals surface area contributed by atoms with E-state index in [1.165, 1.54) is 30.1 Å². The highest BCUT2D eigenvalue weighted by Gasteiger charge is 2.23. The number of likely N-dealkylation sites (tertiary alicyclic amines) is 1. The molecule has 4 rings (SSSR count). The zero-order valence-corrected chi connectivity index (χ0v) is 13.5. The molecular weight excluding hydrogens is 306 g/mol. The van der Waals surface area contributed by atoms with Gasteiger partial charge in [-0.05, 0) is 31.9 Å². The zero-order valence-electron chi connectivity index (χ0n) is 13.5. The summed E-state index contributed by atoms with van der Waals surface area (Å²) in [6.45, 7) is 2.66. The van der Waals surface area contributed by atoms with Crippen LogP contribution in [0.15, 0.2) is 35.6 Å². The summed E-state index contributed by atoms with van der Waals surface area (Å²) < 4.78 is 3.34. The molecular formula is C16H21N7O. The van der Waals surface area contributed by atoms with Crippen LogP contribution in [0.1, 0.15) is 31.4 Å². The van der Waals surface area contributed by atoms with Crippen molar-refractivity contribution in [3.8, 4) is 0 Å². The fourth-order valence-corrected chi connectivity index (χ4v) is 3.47. The first-order valence-corrected chi connectivity index (χ1v) is 8.43. The highest BCUT2D eigenvalue weighted by Crippen LogP contribution is 2.21. The third-order valence-corrected chi connectivity index (χ3v) is 4.69. The van der Waals surface area contributed by atoms with E-state index in [2.05, 4.69) is 25.1 Å². The van der Waals surface area contributed by atoms with Gasteiger partial charge in [-0.1, -0.05) is 6.42 Å². The molecule has 4 heterocycles. The molecule has 1 aliphatic rings. The van der Waals surface area contributed by atoms with Gasteiger partial charge in [0.15, 0.2) is 0 Å². The van der Waals surface area contributed by atoms with E-state index in [9.17, 15) is 4.79 Å². The largest absolute Gasteiger partial charge is 0.294 e. The lowest BCUT2D eigenvalue weighted by Gasteiger charge is -2.35. The number of nitrogens with zero attached hydrogens (tertiary/aromatic N) is 6. The van der Waals surface area contributed by atoms with Crippen LogP contribution in [0.25, 0.3) is 5.78 Å². The summed E-state index contributed by atoms with van der Waals surface area (Å²) in [5.41, 5.74) is 0.677. The lowest BCUT2D eigenvalue weighted by Crippen LogP contribution is -2.40. The van der Waals surface area contributed by atoms with Crippen molar-refractivity contribution in [2.75, 3.05) is 6.54 Å². The predicted molar refractivity (Wildman–Crippen MR) is 88.5 cm³/mol. The van der Waals surface area contributed by atoms with Gasteiger partial charge in [0.25, 0.3) is 11.3 Å². The SMILES string of the molecule is O=c1cc(CN2CCCC[C@@H]2CCn2cccn2)nc2nc[nH]n12. The van der Waals surface area contributed by atoms with Crippen molar-refractivity contribution in [3.63, 3.8) is 0 Å². The second-order valence-electron chi connectivity index (χ2n) is 6.29. The maximum Gasteiger partial charge on any atom is 0.274 e. The summed E-state index contributed by atoms with van der Waals surface area (Å²) in [5.74, 6) is 0.433. The molecule has 1 N–H and O–H groups in total. The second-order valence-corrected chi connectivity index (χ2v) is 6.29. The number of aromatic nitrogens is 6. The van der Waals surface area contributed by atoms with Gasteiger partial charge in [-0.2, -0.15) is 9.61 Å². The van der Waals surface area contributed by atoms with E-state index >= 15 is 0 Å². The van der Waals surface area contributed by atoms with E-state index in [1.807, 2.05) is 23.1 Å². The van der Waals surface area contributed by atoms with Crippen LogP contribution in [0, 0.1) is 0 Å². The van der Waals surface area contributed by atoms with Gasteiger partial charge in [0.1, 0.15) is 6.33 Å². The van der Waals surface area contributed by atoms with Gasteiger partial charge >= 0.3 is 0 Å². The third kappa shape index (κ3) is 3.09. The number of fused-ring (bicyclic) bond motifs is 1. The van der Waals surface area contributed by atoms with Crippen LogP contribution in [0.4, 0.5) is 0 Å². The predicted octanol–water partition coefficient (Wildman–Crippen LogP) is 1.06. The Morgan fingerprint density at radius 2 is 2.29 bits per heavy atom. The minimum absolute atomic E-state index is 0.113. The Labute approximate surface area is 139 Å². The Kier molecular flexibility index (Phi) is 4.12. The molecule has 0 amide bonds. The van der Waals surface area contributed by atoms with E-state index in [1.54, 1.807) is 6.07 Å². The van der Waals surface area contributed by atoms with Gasteiger partial charge < -0.3 is 0 Å². The van der Waals surface area contributed by atoms with Crippen molar-refractivity contribution in [3.05, 3.63) is 46.9 Å². The number of piperidine rings is 1. The van der Waals surface area contributed by atoms with Crippen molar-refractivity contribution in [1.82, 2.24) is 34.3 Å². The standard InChI is InChI=1S/C16H21N7O/c24-15-10-13(20-16-17-12-19-23(15)16)11-21-7-2-1-4-14(21)5-9-22-8-3-6-18-22/h3,6,8,10,12,14H,1-2,4-5,7,9,11H2,(H,17,19,20)/t14-/m1/s1. The maximum atomic E-state index is 12.1. The Bertz CT molecular complexity index is 851. The number of rotatable bonds is 5. The van der Waals surface area contributed by atoms with Crippen molar-refractivity contribution in [1.29, 1.82) is 0 Å². The van der Waals surface area contributed by atoms with Crippen LogP contribution < -0.4 is 5.56 Å². The van der Waals surface area contributed by atoms with Crippen molar-refractivity contribution in [2.24, 2.45) is 0 Å². The second kappa shape index (κ2) is 6.56. The molecule has 0 aromatic carbocycles. The van der Waals surface area contributed by atoms with Gasteiger partial charge in [-0.3, -0.25) is 19.5 Å². The number of hydrogen-bond acceptors (Lipinski definition) is 5. The molecule has 0 unspecified atom stereocenters. The molecule has 8 nitrogen and oxygen atoms in total. The van der Waals surface area contributed by atoms with Gasteiger partial charge in [0, 0.05) is 37.6 Å². The van der Waals surface area contributed by atoms with E-state index < -0.39 is 0 Å². The van der Waals surface area contributed by atoms with E-state index in [0.717, 1.165) is 25.2 Å². The molecule has 1 aliphatic heterocycles. The van der Waals surface area contributed by atoms with Crippen LogP contribution in [-0.2, 0) is 13.1 Å². The van der Waals surface area contributed by atoms with Gasteiger partial charge in [0.2, 0.25) is 0 Å². The number of hydrogen-bond donors (Lipinski definition) is 1. The fourth-order valence-electron chi connectivity index (χ4n) is 3.47. The molecule has 0 radical (unpaired) electrons. The Hall–Kier alpha value is -2.48. The Balaban J connectivity index is 1.48. The lowest BCUT2D eigenvalue weighted by molar-refractivity contribution is 0.126. The van der Waals surface area contributed by atoms with Crippen LogP contribution in [0.5, 0.6) is 0 Å². The zero-order chi connectivity index (χ0) is 16.4. The molecule has 1 atom stereocenters. The highest BCUT2D eigenvalue weighted by molar-refractivity contribution is 5.26. The Morgan fingerprint density at radius 1 is 1.33 bits per heavy atom. The van der Waals surface area contributed by atoms with Crippen LogP contribution >= 0.6 is 0 Å². The number of aryl methyl sites for hydroxylation is 1. The molecule has 1 saturated heterocycles. The first-order valence-electron chi connectivity index (χ1n) is 8.43. The molecule has 24 heavy (non-hydrogen) atoms. The molecule has 3 aromatic rings. The summed E-state index contributed by atoms with van der Waals surface area (Å²) in [5, 5.41) is 7.05. The average molecular weight is 327 g/mol. The summed E-state index contributed by atoms with van der Waals surface area (Å²) in [4.78, 5) is 23.1. The highest BCUT2D eigenvalue weighted by atomic mass is 16.1. The summed E-state index contributed by atoms with van der Waals surface area (Å²) >= 11 is 0. The monoisotopic (exact) mass is 327 g/mol. The summed E-state index contributed by atoms with van der Waals surface area (Å²) in [7, 11) is 0. The molecule has 0 saturated carbocycles. The molecule has 1 fully saturated rings. The average Bonchev–Trinajstić information content (AvgIpc) is 3.25. The van der Waals surface area contributed by atoms with Gasteiger partial charge in [-0.25, -0.2) is 9.97 Å². The smallest absolute Gasteiger partial charge is 0.274 e.